The van der Waals surface area contributed by atoms with Crippen LogP contribution in [0.3, 0.4) is 0 Å². The van der Waals surface area contributed by atoms with E-state index >= 15 is 0 Å². The Morgan fingerprint density at radius 1 is 1.11 bits per heavy atom. The van der Waals surface area contributed by atoms with Crippen LogP contribution in [0.25, 0.3) is 0 Å². The number of sulfonamides is 1. The second-order valence-electron chi connectivity index (χ2n) is 11.2. The van der Waals surface area contributed by atoms with Crippen molar-refractivity contribution >= 4 is 51.1 Å². The molecule has 0 radical (unpaired) electrons. The molecule has 14 heteroatoms. The second-order valence-corrected chi connectivity index (χ2v) is 13.1. The number of carbonyl (C=O) groups excluding carboxylic acids is 3. The molecule has 1 saturated carbocycles. The van der Waals surface area contributed by atoms with E-state index in [1.54, 1.807) is 38.1 Å². The first-order valence-electron chi connectivity index (χ1n) is 14.5. The number of ether oxygens (including phenoxy) is 1. The third-order valence-electron chi connectivity index (χ3n) is 8.17. The maximum atomic E-state index is 13.6. The van der Waals surface area contributed by atoms with Crippen molar-refractivity contribution in [2.75, 3.05) is 11.9 Å². The molecule has 5 N–H and O–H groups in total. The van der Waals surface area contributed by atoms with Gasteiger partial charge in [-0.1, -0.05) is 36.6 Å². The number of hydrogen-bond donors (Lipinski definition) is 4. The minimum atomic E-state index is -4.13. The van der Waals surface area contributed by atoms with E-state index in [4.69, 9.17) is 21.5 Å². The Labute approximate surface area is 261 Å². The Morgan fingerprint density at radius 2 is 1.80 bits per heavy atom. The molecule has 238 valence electrons. The summed E-state index contributed by atoms with van der Waals surface area (Å²) in [6.45, 7) is 3.44. The van der Waals surface area contributed by atoms with Crippen molar-refractivity contribution < 1.29 is 37.4 Å². The van der Waals surface area contributed by atoms with Crippen LogP contribution in [0, 0.1) is 5.92 Å². The number of aliphatic carboxylic acids is 1. The lowest BCUT2D eigenvalue weighted by Gasteiger charge is -2.35. The van der Waals surface area contributed by atoms with E-state index in [9.17, 15) is 32.7 Å². The Hall–Kier alpha value is -3.52. The SMILES string of the molecule is CCOC(=O)[C@H](Cc1ccc(NC(=O)c2ccc(Cl)c(S(N)(=O)=O)c2)cc1)N[C@@H](C)C(=O)N1[C@@H]2CCCC[C@@H]2C[C@H]1C(=O)O. The van der Waals surface area contributed by atoms with Crippen LogP contribution >= 0.6 is 11.6 Å². The van der Waals surface area contributed by atoms with Gasteiger partial charge in [0.05, 0.1) is 17.7 Å². The fourth-order valence-corrected chi connectivity index (χ4v) is 7.14. The lowest BCUT2D eigenvalue weighted by atomic mass is 9.84. The number of benzene rings is 2. The first-order chi connectivity index (χ1) is 20.8. The summed E-state index contributed by atoms with van der Waals surface area (Å²) in [5, 5.41) is 20.7. The normalized spacial score (nSPS) is 21.2. The lowest BCUT2D eigenvalue weighted by molar-refractivity contribution is -0.151. The number of likely N-dealkylation sites (tertiary alicyclic amines) is 1. The third kappa shape index (κ3) is 7.76. The molecule has 2 aliphatic rings. The first kappa shape index (κ1) is 33.4. The molecule has 12 nitrogen and oxygen atoms in total. The third-order valence-corrected chi connectivity index (χ3v) is 9.56. The van der Waals surface area contributed by atoms with Crippen molar-refractivity contribution in [2.24, 2.45) is 11.1 Å². The maximum Gasteiger partial charge on any atom is 0.326 e. The molecule has 0 unspecified atom stereocenters. The summed E-state index contributed by atoms with van der Waals surface area (Å²) in [7, 11) is -4.13. The van der Waals surface area contributed by atoms with Crippen molar-refractivity contribution in [2.45, 2.75) is 81.4 Å². The number of carboxylic acid groups (broad SMARTS) is 1. The molecule has 2 amide bonds. The molecule has 5 atom stereocenters. The highest BCUT2D eigenvalue weighted by Gasteiger charge is 2.48. The fourth-order valence-electron chi connectivity index (χ4n) is 6.07. The van der Waals surface area contributed by atoms with Gasteiger partial charge in [-0.15, -0.1) is 0 Å². The van der Waals surface area contributed by atoms with Gasteiger partial charge in [-0.2, -0.15) is 0 Å². The average Bonchev–Trinajstić information content (AvgIpc) is 3.37. The number of carboxylic acids is 1. The average molecular weight is 649 g/mol. The molecular formula is C30H37ClN4O8S. The second kappa shape index (κ2) is 14.1. The van der Waals surface area contributed by atoms with Gasteiger partial charge < -0.3 is 20.1 Å². The highest BCUT2D eigenvalue weighted by Crippen LogP contribution is 2.40. The fraction of sp³-hybridized carbons (Fsp3) is 0.467. The molecule has 0 aromatic heterocycles. The zero-order valence-electron chi connectivity index (χ0n) is 24.5. The molecular weight excluding hydrogens is 612 g/mol. The Balaban J connectivity index is 1.45. The summed E-state index contributed by atoms with van der Waals surface area (Å²) < 4.78 is 28.8. The molecule has 1 saturated heterocycles. The highest BCUT2D eigenvalue weighted by molar-refractivity contribution is 7.89. The van der Waals surface area contributed by atoms with Crippen LogP contribution < -0.4 is 15.8 Å². The monoisotopic (exact) mass is 648 g/mol. The summed E-state index contributed by atoms with van der Waals surface area (Å²) in [6, 6.07) is 7.61. The zero-order chi connectivity index (χ0) is 32.2. The van der Waals surface area contributed by atoms with Gasteiger partial charge in [0, 0.05) is 17.3 Å². The molecule has 2 aromatic rings. The zero-order valence-corrected chi connectivity index (χ0v) is 26.1. The minimum Gasteiger partial charge on any atom is -0.480 e. The van der Waals surface area contributed by atoms with E-state index in [-0.39, 0.29) is 46.4 Å². The number of fused-ring (bicyclic) bond motifs is 1. The van der Waals surface area contributed by atoms with Gasteiger partial charge in [0.2, 0.25) is 15.9 Å². The summed E-state index contributed by atoms with van der Waals surface area (Å²) >= 11 is 5.90. The summed E-state index contributed by atoms with van der Waals surface area (Å²) in [4.78, 5) is 52.4. The molecule has 44 heavy (non-hydrogen) atoms. The van der Waals surface area contributed by atoms with Crippen LogP contribution in [0.15, 0.2) is 47.4 Å². The Bertz CT molecular complexity index is 1520. The summed E-state index contributed by atoms with van der Waals surface area (Å²) in [6.07, 6.45) is 4.23. The number of hydrogen-bond acceptors (Lipinski definition) is 8. The number of rotatable bonds is 11. The van der Waals surface area contributed by atoms with Gasteiger partial charge in [0.15, 0.2) is 0 Å². The van der Waals surface area contributed by atoms with Crippen LogP contribution in [0.5, 0.6) is 0 Å². The minimum absolute atomic E-state index is 0.0374. The van der Waals surface area contributed by atoms with Gasteiger partial charge in [-0.25, -0.2) is 18.4 Å². The standard InChI is InChI=1S/C30H37ClN4O8S/c1-3-43-30(40)23(33-17(2)28(37)35-24-7-5-4-6-19(24)15-25(35)29(38)39)14-18-8-11-21(12-9-18)34-27(36)20-10-13-22(31)26(16-20)44(32,41)42/h8-13,16-17,19,23-25,33H,3-7,14-15H2,1-2H3,(H,34,36)(H,38,39)(H2,32,41,42)/t17-,19+,23-,24+,25-/m0/s1. The van der Waals surface area contributed by atoms with Gasteiger partial charge >= 0.3 is 11.9 Å². The predicted molar refractivity (Wildman–Crippen MR) is 163 cm³/mol. The maximum absolute atomic E-state index is 13.6. The summed E-state index contributed by atoms with van der Waals surface area (Å²) in [5.74, 6) is -2.34. The molecule has 2 fully saturated rings. The van der Waals surface area contributed by atoms with Crippen LogP contribution in [-0.4, -0.2) is 73.0 Å². The van der Waals surface area contributed by atoms with E-state index in [0.717, 1.165) is 31.7 Å². The highest BCUT2D eigenvalue weighted by atomic mass is 35.5. The molecule has 1 heterocycles. The van der Waals surface area contributed by atoms with Crippen molar-refractivity contribution in [1.82, 2.24) is 10.2 Å². The number of nitrogens with two attached hydrogens (primary N) is 1. The van der Waals surface area contributed by atoms with Crippen molar-refractivity contribution in [3.05, 3.63) is 58.6 Å². The number of anilines is 1. The predicted octanol–water partition coefficient (Wildman–Crippen LogP) is 2.94. The Kier molecular flexibility index (Phi) is 10.7. The number of esters is 1. The quantitative estimate of drug-likeness (QED) is 0.266. The van der Waals surface area contributed by atoms with Crippen LogP contribution in [0.4, 0.5) is 5.69 Å². The van der Waals surface area contributed by atoms with Gasteiger partial charge in [0.25, 0.3) is 5.91 Å². The summed E-state index contributed by atoms with van der Waals surface area (Å²) in [5.41, 5.74) is 1.15. The molecule has 1 aliphatic heterocycles. The van der Waals surface area contributed by atoms with Crippen LogP contribution in [0.1, 0.15) is 61.9 Å². The number of amides is 2. The molecule has 0 spiro atoms. The molecule has 0 bridgehead atoms. The number of carbonyl (C=O) groups is 4. The number of nitrogens with zero attached hydrogens (tertiary/aromatic N) is 1. The van der Waals surface area contributed by atoms with E-state index in [1.165, 1.54) is 17.0 Å². The van der Waals surface area contributed by atoms with E-state index in [0.29, 0.717) is 17.7 Å². The molecule has 4 rings (SSSR count). The van der Waals surface area contributed by atoms with Crippen molar-refractivity contribution in [1.29, 1.82) is 0 Å². The van der Waals surface area contributed by atoms with Crippen LogP contribution in [0.2, 0.25) is 5.02 Å². The number of nitrogens with one attached hydrogen (secondary N) is 2. The molecule has 1 aliphatic carbocycles. The number of halogens is 1. The van der Waals surface area contributed by atoms with Crippen molar-refractivity contribution in [3.63, 3.8) is 0 Å². The van der Waals surface area contributed by atoms with Gasteiger partial charge in [-0.05, 0) is 81.3 Å². The molecule has 2 aromatic carbocycles. The van der Waals surface area contributed by atoms with Crippen LogP contribution in [-0.2, 0) is 35.6 Å². The lowest BCUT2D eigenvalue weighted by Crippen LogP contribution is -2.56. The van der Waals surface area contributed by atoms with E-state index in [1.807, 2.05) is 0 Å². The van der Waals surface area contributed by atoms with Crippen molar-refractivity contribution in [3.8, 4) is 0 Å². The van der Waals surface area contributed by atoms with Gasteiger partial charge in [0.1, 0.15) is 17.0 Å². The topological polar surface area (TPSA) is 185 Å². The van der Waals surface area contributed by atoms with E-state index < -0.39 is 46.0 Å². The first-order valence-corrected chi connectivity index (χ1v) is 16.4. The largest absolute Gasteiger partial charge is 0.480 e. The number of primary sulfonamides is 1. The van der Waals surface area contributed by atoms with Gasteiger partial charge in [-0.3, -0.25) is 19.7 Å². The Morgan fingerprint density at radius 3 is 2.43 bits per heavy atom. The smallest absolute Gasteiger partial charge is 0.326 e. The van der Waals surface area contributed by atoms with E-state index in [2.05, 4.69) is 10.6 Å².